The molecule has 1 atom stereocenters. The average molecular weight is 360 g/mol. The number of hydrogen-bond acceptors (Lipinski definition) is 4. The number of nitrogens with zero attached hydrogens (tertiary/aromatic N) is 1. The Kier molecular flexibility index (Phi) is 11.6. The Hall–Kier alpha value is -1.24. The van der Waals surface area contributed by atoms with Gasteiger partial charge in [-0.1, -0.05) is 30.3 Å². The molecule has 0 unspecified atom stereocenters. The predicted octanol–water partition coefficient (Wildman–Crippen LogP) is 1.65. The van der Waals surface area contributed by atoms with Crippen LogP contribution in [0.25, 0.3) is 0 Å². The summed E-state index contributed by atoms with van der Waals surface area (Å²) >= 11 is 1.65. The second-order valence-electron chi connectivity index (χ2n) is 5.00. The van der Waals surface area contributed by atoms with Crippen molar-refractivity contribution in [1.82, 2.24) is 10.2 Å². The van der Waals surface area contributed by atoms with Crippen LogP contribution in [0, 0.1) is 0 Å². The Balaban J connectivity index is 0.00000484. The SMILES string of the molecule is CCN(Cc1ccccc1)C(=O)CNC(=O)[C@@H](N)CCSC.Cl. The number of nitrogens with two attached hydrogens (primary N) is 1. The number of rotatable bonds is 9. The molecule has 0 bridgehead atoms. The van der Waals surface area contributed by atoms with Gasteiger partial charge in [-0.05, 0) is 30.9 Å². The molecule has 0 aliphatic heterocycles. The van der Waals surface area contributed by atoms with Crippen molar-refractivity contribution < 1.29 is 9.59 Å². The van der Waals surface area contributed by atoms with E-state index in [2.05, 4.69) is 5.32 Å². The van der Waals surface area contributed by atoms with E-state index in [1.165, 1.54) is 0 Å². The zero-order valence-electron chi connectivity index (χ0n) is 13.7. The van der Waals surface area contributed by atoms with Crippen molar-refractivity contribution in [1.29, 1.82) is 0 Å². The molecule has 1 aromatic rings. The molecule has 0 spiro atoms. The second kappa shape index (κ2) is 12.2. The highest BCUT2D eigenvalue weighted by Crippen LogP contribution is 2.04. The van der Waals surface area contributed by atoms with Crippen LogP contribution in [0.5, 0.6) is 0 Å². The number of benzene rings is 1. The number of nitrogens with one attached hydrogen (secondary N) is 1. The van der Waals surface area contributed by atoms with Crippen molar-refractivity contribution in [2.24, 2.45) is 5.73 Å². The molecule has 0 aromatic heterocycles. The lowest BCUT2D eigenvalue weighted by Gasteiger charge is -2.21. The standard InChI is InChI=1S/C16H25N3O2S.ClH/c1-3-19(12-13-7-5-4-6-8-13)15(20)11-18-16(21)14(17)9-10-22-2;/h4-8,14H,3,9-12,17H2,1-2H3,(H,18,21);1H/t14-;/m0./s1. The normalized spacial score (nSPS) is 11.3. The lowest BCUT2D eigenvalue weighted by atomic mass is 10.2. The number of carbonyl (C=O) groups is 2. The third-order valence-corrected chi connectivity index (χ3v) is 3.98. The Morgan fingerprint density at radius 1 is 1.30 bits per heavy atom. The predicted molar refractivity (Wildman–Crippen MR) is 98.8 cm³/mol. The molecule has 130 valence electrons. The van der Waals surface area contributed by atoms with E-state index in [1.54, 1.807) is 16.7 Å². The van der Waals surface area contributed by atoms with Crippen LogP contribution in [0.2, 0.25) is 0 Å². The van der Waals surface area contributed by atoms with Crippen molar-refractivity contribution in [3.8, 4) is 0 Å². The number of amides is 2. The number of likely N-dealkylation sites (N-methyl/N-ethyl adjacent to an activating group) is 1. The van der Waals surface area contributed by atoms with Crippen LogP contribution < -0.4 is 11.1 Å². The van der Waals surface area contributed by atoms with E-state index in [0.29, 0.717) is 19.5 Å². The van der Waals surface area contributed by atoms with Gasteiger partial charge in [-0.15, -0.1) is 12.4 Å². The number of thioether (sulfide) groups is 1. The summed E-state index contributed by atoms with van der Waals surface area (Å²) in [6, 6.07) is 9.24. The summed E-state index contributed by atoms with van der Waals surface area (Å²) in [5, 5.41) is 2.63. The highest BCUT2D eigenvalue weighted by Gasteiger charge is 2.16. The highest BCUT2D eigenvalue weighted by atomic mass is 35.5. The summed E-state index contributed by atoms with van der Waals surface area (Å²) in [6.07, 6.45) is 2.58. The van der Waals surface area contributed by atoms with Gasteiger partial charge in [0.2, 0.25) is 11.8 Å². The van der Waals surface area contributed by atoms with Gasteiger partial charge in [-0.25, -0.2) is 0 Å². The maximum atomic E-state index is 12.2. The van der Waals surface area contributed by atoms with Crippen LogP contribution in [0.4, 0.5) is 0 Å². The maximum Gasteiger partial charge on any atom is 0.242 e. The first-order valence-corrected chi connectivity index (χ1v) is 8.81. The van der Waals surface area contributed by atoms with Crippen LogP contribution in [0.1, 0.15) is 18.9 Å². The fourth-order valence-corrected chi connectivity index (χ4v) is 2.45. The monoisotopic (exact) mass is 359 g/mol. The van der Waals surface area contributed by atoms with Crippen LogP contribution >= 0.6 is 24.2 Å². The molecule has 0 radical (unpaired) electrons. The number of hydrogen-bond donors (Lipinski definition) is 2. The first-order chi connectivity index (χ1) is 10.6. The van der Waals surface area contributed by atoms with Crippen molar-refractivity contribution >= 4 is 36.0 Å². The minimum absolute atomic E-state index is 0. The van der Waals surface area contributed by atoms with Gasteiger partial charge < -0.3 is 16.0 Å². The third kappa shape index (κ3) is 8.25. The van der Waals surface area contributed by atoms with Crippen LogP contribution in [-0.2, 0) is 16.1 Å². The second-order valence-corrected chi connectivity index (χ2v) is 5.98. The van der Waals surface area contributed by atoms with Crippen LogP contribution in [-0.4, -0.2) is 47.9 Å². The van der Waals surface area contributed by atoms with E-state index < -0.39 is 6.04 Å². The van der Waals surface area contributed by atoms with Gasteiger partial charge >= 0.3 is 0 Å². The van der Waals surface area contributed by atoms with Gasteiger partial charge in [0.25, 0.3) is 0 Å². The molecular weight excluding hydrogens is 334 g/mol. The van der Waals surface area contributed by atoms with Gasteiger partial charge in [-0.3, -0.25) is 9.59 Å². The molecule has 23 heavy (non-hydrogen) atoms. The minimum atomic E-state index is -0.551. The largest absolute Gasteiger partial charge is 0.346 e. The molecule has 5 nitrogen and oxygen atoms in total. The highest BCUT2D eigenvalue weighted by molar-refractivity contribution is 7.98. The summed E-state index contributed by atoms with van der Waals surface area (Å²) < 4.78 is 0. The summed E-state index contributed by atoms with van der Waals surface area (Å²) in [4.78, 5) is 25.7. The summed E-state index contributed by atoms with van der Waals surface area (Å²) in [5.74, 6) is 0.465. The number of carbonyl (C=O) groups excluding carboxylic acids is 2. The van der Waals surface area contributed by atoms with Crippen molar-refractivity contribution in [3.63, 3.8) is 0 Å². The lowest BCUT2D eigenvalue weighted by Crippen LogP contribution is -2.46. The fourth-order valence-electron chi connectivity index (χ4n) is 1.96. The molecule has 3 N–H and O–H groups in total. The Morgan fingerprint density at radius 3 is 2.52 bits per heavy atom. The molecule has 0 saturated carbocycles. The molecule has 0 fully saturated rings. The topological polar surface area (TPSA) is 75.4 Å². The molecule has 0 saturated heterocycles. The first kappa shape index (κ1) is 21.8. The van der Waals surface area contributed by atoms with Gasteiger partial charge in [-0.2, -0.15) is 11.8 Å². The summed E-state index contributed by atoms with van der Waals surface area (Å²) in [5.41, 5.74) is 6.84. The van der Waals surface area contributed by atoms with E-state index in [1.807, 2.05) is 43.5 Å². The fraction of sp³-hybridized carbons (Fsp3) is 0.500. The van der Waals surface area contributed by atoms with E-state index >= 15 is 0 Å². The van der Waals surface area contributed by atoms with Crippen molar-refractivity contribution in [2.75, 3.05) is 25.1 Å². The maximum absolute atomic E-state index is 12.2. The molecule has 0 heterocycles. The minimum Gasteiger partial charge on any atom is -0.346 e. The number of halogens is 1. The van der Waals surface area contributed by atoms with Crippen molar-refractivity contribution in [2.45, 2.75) is 25.9 Å². The molecule has 2 amide bonds. The molecule has 0 aliphatic rings. The molecule has 0 aliphatic carbocycles. The van der Waals surface area contributed by atoms with E-state index in [0.717, 1.165) is 11.3 Å². The molecule has 1 aromatic carbocycles. The van der Waals surface area contributed by atoms with Crippen LogP contribution in [0.15, 0.2) is 30.3 Å². The first-order valence-electron chi connectivity index (χ1n) is 7.42. The Morgan fingerprint density at radius 2 is 1.96 bits per heavy atom. The van der Waals surface area contributed by atoms with Gasteiger partial charge in [0, 0.05) is 13.1 Å². The Bertz CT molecular complexity index is 474. The van der Waals surface area contributed by atoms with Crippen molar-refractivity contribution in [3.05, 3.63) is 35.9 Å². The zero-order chi connectivity index (χ0) is 16.4. The van der Waals surface area contributed by atoms with Gasteiger partial charge in [0.1, 0.15) is 0 Å². The quantitative estimate of drug-likeness (QED) is 0.703. The van der Waals surface area contributed by atoms with Gasteiger partial charge in [0.05, 0.1) is 12.6 Å². The van der Waals surface area contributed by atoms with E-state index in [-0.39, 0.29) is 30.8 Å². The lowest BCUT2D eigenvalue weighted by molar-refractivity contribution is -0.133. The van der Waals surface area contributed by atoms with E-state index in [9.17, 15) is 9.59 Å². The Labute approximate surface area is 148 Å². The van der Waals surface area contributed by atoms with Crippen LogP contribution in [0.3, 0.4) is 0 Å². The van der Waals surface area contributed by atoms with E-state index in [4.69, 9.17) is 5.73 Å². The smallest absolute Gasteiger partial charge is 0.242 e. The molecule has 1 rings (SSSR count). The average Bonchev–Trinajstić information content (AvgIpc) is 2.55. The summed E-state index contributed by atoms with van der Waals surface area (Å²) in [7, 11) is 0. The molecule has 7 heteroatoms. The van der Waals surface area contributed by atoms with Gasteiger partial charge in [0.15, 0.2) is 0 Å². The third-order valence-electron chi connectivity index (χ3n) is 3.33. The zero-order valence-corrected chi connectivity index (χ0v) is 15.3. The molecular formula is C16H26ClN3O2S. The summed E-state index contributed by atoms with van der Waals surface area (Å²) in [6.45, 7) is 3.06.